The molecule has 72 valence electrons. The van der Waals surface area contributed by atoms with E-state index in [0.717, 1.165) is 24.6 Å². The highest BCUT2D eigenvalue weighted by Crippen LogP contribution is 2.42. The second-order valence-corrected chi connectivity index (χ2v) is 3.97. The van der Waals surface area contributed by atoms with Crippen molar-refractivity contribution in [1.29, 1.82) is 0 Å². The van der Waals surface area contributed by atoms with Crippen molar-refractivity contribution in [2.75, 3.05) is 6.54 Å². The lowest BCUT2D eigenvalue weighted by molar-refractivity contribution is 0.194. The molecule has 1 saturated carbocycles. The van der Waals surface area contributed by atoms with E-state index in [2.05, 4.69) is 17.1 Å². The minimum atomic E-state index is 0.153. The molecular formula is C9H15N3O. The first kappa shape index (κ1) is 8.69. The van der Waals surface area contributed by atoms with Gasteiger partial charge in [-0.05, 0) is 19.4 Å². The predicted molar refractivity (Wildman–Crippen MR) is 48.3 cm³/mol. The van der Waals surface area contributed by atoms with E-state index < -0.39 is 0 Å². The lowest BCUT2D eigenvalue weighted by Crippen LogP contribution is -2.30. The first-order valence-corrected chi connectivity index (χ1v) is 4.78. The van der Waals surface area contributed by atoms with Gasteiger partial charge in [-0.15, -0.1) is 0 Å². The SMILES string of the molecule is CC1(c2nc(CCN)no2)CCC1. The Bertz CT molecular complexity index is 291. The number of aromatic nitrogens is 2. The topological polar surface area (TPSA) is 64.9 Å². The van der Waals surface area contributed by atoms with Gasteiger partial charge in [-0.3, -0.25) is 0 Å². The van der Waals surface area contributed by atoms with E-state index in [9.17, 15) is 0 Å². The summed E-state index contributed by atoms with van der Waals surface area (Å²) in [5, 5.41) is 3.89. The van der Waals surface area contributed by atoms with Gasteiger partial charge in [0.05, 0.1) is 0 Å². The van der Waals surface area contributed by atoms with E-state index in [1.165, 1.54) is 6.42 Å². The van der Waals surface area contributed by atoms with Crippen molar-refractivity contribution in [3.05, 3.63) is 11.7 Å². The van der Waals surface area contributed by atoms with Gasteiger partial charge in [0.2, 0.25) is 5.89 Å². The number of nitrogens with zero attached hydrogens (tertiary/aromatic N) is 2. The number of hydrogen-bond acceptors (Lipinski definition) is 4. The molecule has 1 heterocycles. The summed E-state index contributed by atoms with van der Waals surface area (Å²) in [5.41, 5.74) is 5.56. The Kier molecular flexibility index (Phi) is 2.07. The van der Waals surface area contributed by atoms with Crippen molar-refractivity contribution in [3.63, 3.8) is 0 Å². The van der Waals surface area contributed by atoms with Gasteiger partial charge in [0.15, 0.2) is 5.82 Å². The molecule has 4 nitrogen and oxygen atoms in total. The van der Waals surface area contributed by atoms with Gasteiger partial charge in [0, 0.05) is 11.8 Å². The van der Waals surface area contributed by atoms with Crippen molar-refractivity contribution in [3.8, 4) is 0 Å². The molecule has 2 rings (SSSR count). The van der Waals surface area contributed by atoms with E-state index in [1.54, 1.807) is 0 Å². The quantitative estimate of drug-likeness (QED) is 0.755. The zero-order valence-corrected chi connectivity index (χ0v) is 7.92. The van der Waals surface area contributed by atoms with Gasteiger partial charge in [-0.2, -0.15) is 4.98 Å². The first-order valence-electron chi connectivity index (χ1n) is 4.78. The van der Waals surface area contributed by atoms with Crippen LogP contribution in [-0.4, -0.2) is 16.7 Å². The molecule has 1 fully saturated rings. The van der Waals surface area contributed by atoms with Gasteiger partial charge >= 0.3 is 0 Å². The molecule has 1 aromatic heterocycles. The zero-order valence-electron chi connectivity index (χ0n) is 7.92. The summed E-state index contributed by atoms with van der Waals surface area (Å²) in [6.45, 7) is 2.76. The van der Waals surface area contributed by atoms with E-state index in [1.807, 2.05) is 0 Å². The molecule has 0 radical (unpaired) electrons. The van der Waals surface area contributed by atoms with Crippen molar-refractivity contribution in [2.24, 2.45) is 5.73 Å². The maximum Gasteiger partial charge on any atom is 0.232 e. The molecule has 13 heavy (non-hydrogen) atoms. The fraction of sp³-hybridized carbons (Fsp3) is 0.778. The van der Waals surface area contributed by atoms with E-state index in [4.69, 9.17) is 10.3 Å². The summed E-state index contributed by atoms with van der Waals surface area (Å²) in [5.74, 6) is 1.54. The van der Waals surface area contributed by atoms with Gasteiger partial charge in [-0.1, -0.05) is 18.5 Å². The van der Waals surface area contributed by atoms with Crippen LogP contribution in [-0.2, 0) is 11.8 Å². The molecular weight excluding hydrogens is 166 g/mol. The molecule has 0 unspecified atom stereocenters. The second kappa shape index (κ2) is 3.10. The molecule has 2 N–H and O–H groups in total. The fourth-order valence-electron chi connectivity index (χ4n) is 1.65. The van der Waals surface area contributed by atoms with E-state index >= 15 is 0 Å². The summed E-state index contributed by atoms with van der Waals surface area (Å²) in [6, 6.07) is 0. The predicted octanol–water partition coefficient (Wildman–Crippen LogP) is 1.01. The molecule has 0 aromatic carbocycles. The maximum absolute atomic E-state index is 5.40. The molecule has 0 saturated heterocycles. The molecule has 0 spiro atoms. The smallest absolute Gasteiger partial charge is 0.232 e. The van der Waals surface area contributed by atoms with Crippen LogP contribution >= 0.6 is 0 Å². The van der Waals surface area contributed by atoms with Crippen molar-refractivity contribution in [1.82, 2.24) is 10.1 Å². The number of hydrogen-bond donors (Lipinski definition) is 1. The van der Waals surface area contributed by atoms with E-state index in [0.29, 0.717) is 13.0 Å². The highest BCUT2D eigenvalue weighted by molar-refractivity contribution is 5.07. The third-order valence-electron chi connectivity index (χ3n) is 2.81. The van der Waals surface area contributed by atoms with Crippen LogP contribution in [0.25, 0.3) is 0 Å². The minimum Gasteiger partial charge on any atom is -0.339 e. The van der Waals surface area contributed by atoms with Crippen molar-refractivity contribution < 1.29 is 4.52 Å². The van der Waals surface area contributed by atoms with Gasteiger partial charge in [0.1, 0.15) is 0 Å². The molecule has 0 atom stereocenters. The minimum absolute atomic E-state index is 0.153. The normalized spacial score (nSPS) is 19.8. The second-order valence-electron chi connectivity index (χ2n) is 3.97. The monoisotopic (exact) mass is 181 g/mol. The summed E-state index contributed by atoms with van der Waals surface area (Å²) >= 11 is 0. The molecule has 4 heteroatoms. The van der Waals surface area contributed by atoms with E-state index in [-0.39, 0.29) is 5.41 Å². The fourth-order valence-corrected chi connectivity index (χ4v) is 1.65. The number of nitrogens with two attached hydrogens (primary N) is 1. The Morgan fingerprint density at radius 1 is 1.54 bits per heavy atom. The van der Waals surface area contributed by atoms with Crippen LogP contribution in [0.15, 0.2) is 4.52 Å². The highest BCUT2D eigenvalue weighted by Gasteiger charge is 2.38. The Labute approximate surface area is 77.5 Å². The van der Waals surface area contributed by atoms with Crippen LogP contribution in [0.4, 0.5) is 0 Å². The van der Waals surface area contributed by atoms with Crippen LogP contribution in [0.3, 0.4) is 0 Å². The largest absolute Gasteiger partial charge is 0.339 e. The standard InChI is InChI=1S/C9H15N3O/c1-9(4-2-5-9)8-11-7(3-6-10)12-13-8/h2-6,10H2,1H3. The van der Waals surface area contributed by atoms with Crippen LogP contribution in [0.1, 0.15) is 37.9 Å². The summed E-state index contributed by atoms with van der Waals surface area (Å²) in [6.07, 6.45) is 4.30. The Morgan fingerprint density at radius 3 is 2.85 bits per heavy atom. The third kappa shape index (κ3) is 1.46. The van der Waals surface area contributed by atoms with Gasteiger partial charge in [-0.25, -0.2) is 0 Å². The summed E-state index contributed by atoms with van der Waals surface area (Å²) < 4.78 is 5.21. The number of rotatable bonds is 3. The zero-order chi connectivity index (χ0) is 9.31. The molecule has 1 aromatic rings. The van der Waals surface area contributed by atoms with Crippen LogP contribution in [0, 0.1) is 0 Å². The molecule has 1 aliphatic carbocycles. The Balaban J connectivity index is 2.12. The Morgan fingerprint density at radius 2 is 2.31 bits per heavy atom. The lowest BCUT2D eigenvalue weighted by Gasteiger charge is -2.34. The summed E-state index contributed by atoms with van der Waals surface area (Å²) in [4.78, 5) is 4.34. The third-order valence-corrected chi connectivity index (χ3v) is 2.81. The first-order chi connectivity index (χ1) is 6.24. The van der Waals surface area contributed by atoms with Crippen molar-refractivity contribution >= 4 is 0 Å². The molecule has 1 aliphatic rings. The molecule has 0 amide bonds. The van der Waals surface area contributed by atoms with Gasteiger partial charge < -0.3 is 10.3 Å². The Hall–Kier alpha value is -0.900. The van der Waals surface area contributed by atoms with Crippen LogP contribution in [0.2, 0.25) is 0 Å². The van der Waals surface area contributed by atoms with Gasteiger partial charge in [0.25, 0.3) is 0 Å². The highest BCUT2D eigenvalue weighted by atomic mass is 16.5. The average molecular weight is 181 g/mol. The maximum atomic E-state index is 5.40. The van der Waals surface area contributed by atoms with Crippen LogP contribution < -0.4 is 5.73 Å². The lowest BCUT2D eigenvalue weighted by atomic mass is 9.70. The molecule has 0 bridgehead atoms. The molecule has 0 aliphatic heterocycles. The van der Waals surface area contributed by atoms with Crippen molar-refractivity contribution in [2.45, 2.75) is 38.0 Å². The average Bonchev–Trinajstić information content (AvgIpc) is 2.50. The van der Waals surface area contributed by atoms with Crippen LogP contribution in [0.5, 0.6) is 0 Å². The summed E-state index contributed by atoms with van der Waals surface area (Å²) in [7, 11) is 0.